The summed E-state index contributed by atoms with van der Waals surface area (Å²) in [7, 11) is 0. The van der Waals surface area contributed by atoms with E-state index in [9.17, 15) is 0 Å². The molecular weight excluding hydrogens is 306 g/mol. The second-order valence-corrected chi connectivity index (χ2v) is 6.70. The van der Waals surface area contributed by atoms with E-state index in [1.165, 1.54) is 10.4 Å². The van der Waals surface area contributed by atoms with Gasteiger partial charge < -0.3 is 10.2 Å². The normalized spacial score (nSPS) is 17.7. The summed E-state index contributed by atoms with van der Waals surface area (Å²) >= 11 is 1.74. The fourth-order valence-corrected chi connectivity index (χ4v) is 3.76. The molecule has 0 aromatic carbocycles. The highest BCUT2D eigenvalue weighted by atomic mass is 32.1. The van der Waals surface area contributed by atoms with Crippen LogP contribution in [0.4, 0.5) is 5.82 Å². The molecule has 4 rings (SSSR count). The van der Waals surface area contributed by atoms with Gasteiger partial charge in [-0.05, 0) is 30.0 Å². The molecule has 5 nitrogen and oxygen atoms in total. The summed E-state index contributed by atoms with van der Waals surface area (Å²) in [6.45, 7) is 2.89. The Labute approximate surface area is 139 Å². The van der Waals surface area contributed by atoms with E-state index >= 15 is 0 Å². The lowest BCUT2D eigenvalue weighted by molar-refractivity contribution is 0.552. The van der Waals surface area contributed by atoms with Gasteiger partial charge in [-0.25, -0.2) is 4.98 Å². The molecule has 0 unspecified atom stereocenters. The van der Waals surface area contributed by atoms with E-state index in [0.717, 1.165) is 37.6 Å². The van der Waals surface area contributed by atoms with Gasteiger partial charge in [-0.2, -0.15) is 5.10 Å². The predicted octanol–water partition coefficient (Wildman–Crippen LogP) is 2.90. The molecule has 0 radical (unpaired) electrons. The second-order valence-electron chi connectivity index (χ2n) is 5.75. The fourth-order valence-electron chi connectivity index (χ4n) is 3.01. The van der Waals surface area contributed by atoms with Crippen molar-refractivity contribution in [2.24, 2.45) is 0 Å². The lowest BCUT2D eigenvalue weighted by atomic mass is 10.2. The maximum atomic E-state index is 4.44. The molecule has 0 bridgehead atoms. The van der Waals surface area contributed by atoms with E-state index in [1.54, 1.807) is 11.3 Å². The van der Waals surface area contributed by atoms with Gasteiger partial charge in [0, 0.05) is 37.4 Å². The zero-order chi connectivity index (χ0) is 15.5. The average molecular weight is 325 g/mol. The van der Waals surface area contributed by atoms with Crippen molar-refractivity contribution in [1.82, 2.24) is 20.5 Å². The van der Waals surface area contributed by atoms with Gasteiger partial charge in [0.05, 0.1) is 16.8 Å². The minimum atomic E-state index is 0.489. The van der Waals surface area contributed by atoms with Crippen LogP contribution in [0.3, 0.4) is 0 Å². The number of aromatic amines is 1. The van der Waals surface area contributed by atoms with Crippen molar-refractivity contribution < 1.29 is 0 Å². The zero-order valence-electron chi connectivity index (χ0n) is 12.8. The van der Waals surface area contributed by atoms with Crippen molar-refractivity contribution >= 4 is 17.2 Å². The van der Waals surface area contributed by atoms with Crippen LogP contribution in [-0.4, -0.2) is 34.3 Å². The zero-order valence-corrected chi connectivity index (χ0v) is 13.6. The van der Waals surface area contributed by atoms with Gasteiger partial charge in [0.15, 0.2) is 0 Å². The predicted molar refractivity (Wildman–Crippen MR) is 93.6 cm³/mol. The Morgan fingerprint density at radius 3 is 3.13 bits per heavy atom. The molecule has 1 atom stereocenters. The average Bonchev–Trinajstić information content (AvgIpc) is 3.33. The molecule has 0 aliphatic carbocycles. The number of anilines is 1. The molecule has 6 heteroatoms. The number of hydrogen-bond donors (Lipinski definition) is 2. The smallest absolute Gasteiger partial charge is 0.128 e. The molecule has 4 heterocycles. The molecule has 1 aliphatic heterocycles. The van der Waals surface area contributed by atoms with Gasteiger partial charge in [0.2, 0.25) is 0 Å². The summed E-state index contributed by atoms with van der Waals surface area (Å²) < 4.78 is 0. The number of H-pyrrole nitrogens is 1. The molecule has 3 aromatic heterocycles. The quantitative estimate of drug-likeness (QED) is 0.757. The number of nitrogens with one attached hydrogen (secondary N) is 2. The van der Waals surface area contributed by atoms with E-state index < -0.39 is 0 Å². The maximum Gasteiger partial charge on any atom is 0.128 e. The number of thiophene rings is 1. The van der Waals surface area contributed by atoms with Crippen LogP contribution >= 0.6 is 11.3 Å². The Balaban J connectivity index is 1.37. The third kappa shape index (κ3) is 3.13. The molecule has 0 spiro atoms. The van der Waals surface area contributed by atoms with E-state index in [0.29, 0.717) is 6.04 Å². The summed E-state index contributed by atoms with van der Waals surface area (Å²) in [5.74, 6) is 1.07. The molecule has 2 N–H and O–H groups in total. The van der Waals surface area contributed by atoms with Crippen LogP contribution in [0.5, 0.6) is 0 Å². The number of nitrogens with zero attached hydrogens (tertiary/aromatic N) is 3. The largest absolute Gasteiger partial charge is 0.355 e. The van der Waals surface area contributed by atoms with Crippen LogP contribution in [-0.2, 0) is 6.54 Å². The van der Waals surface area contributed by atoms with Crippen molar-refractivity contribution in [3.8, 4) is 10.6 Å². The molecule has 1 fully saturated rings. The first-order valence-corrected chi connectivity index (χ1v) is 8.73. The van der Waals surface area contributed by atoms with Gasteiger partial charge in [-0.3, -0.25) is 5.10 Å². The summed E-state index contributed by atoms with van der Waals surface area (Å²) in [6, 6.07) is 10.8. The Hall–Kier alpha value is -2.18. The summed E-state index contributed by atoms with van der Waals surface area (Å²) in [6.07, 6.45) is 4.92. The van der Waals surface area contributed by atoms with Crippen molar-refractivity contribution in [3.05, 3.63) is 53.7 Å². The molecule has 1 aliphatic rings. The fraction of sp³-hybridized carbons (Fsp3) is 0.294. The topological polar surface area (TPSA) is 56.8 Å². The Morgan fingerprint density at radius 1 is 1.30 bits per heavy atom. The van der Waals surface area contributed by atoms with Crippen LogP contribution in [0.15, 0.2) is 48.1 Å². The second kappa shape index (κ2) is 6.52. The van der Waals surface area contributed by atoms with Crippen LogP contribution in [0.1, 0.15) is 12.0 Å². The SMILES string of the molecule is c1ccc(N2CC[C@@H](NCc3cn[nH]c3-c3cccs3)C2)nc1. The molecule has 118 valence electrons. The van der Waals surface area contributed by atoms with Crippen LogP contribution < -0.4 is 10.2 Å². The standard InChI is InChI=1S/C17H19N5S/c1-2-7-18-16(5-1)22-8-6-14(12-22)19-10-13-11-20-21-17(13)15-4-3-9-23-15/h1-5,7,9,11,14,19H,6,8,10,12H2,(H,20,21)/t14-/m1/s1. The number of rotatable bonds is 5. The van der Waals surface area contributed by atoms with Crippen LogP contribution in [0.2, 0.25) is 0 Å². The number of hydrogen-bond acceptors (Lipinski definition) is 5. The molecule has 0 saturated carbocycles. The Bertz CT molecular complexity index is 737. The van der Waals surface area contributed by atoms with E-state index in [2.05, 4.69) is 49.0 Å². The highest BCUT2D eigenvalue weighted by Crippen LogP contribution is 2.26. The van der Waals surface area contributed by atoms with Gasteiger partial charge in [0.25, 0.3) is 0 Å². The van der Waals surface area contributed by atoms with Crippen LogP contribution in [0, 0.1) is 0 Å². The van der Waals surface area contributed by atoms with Gasteiger partial charge in [0.1, 0.15) is 5.82 Å². The first-order chi connectivity index (χ1) is 11.4. The third-order valence-electron chi connectivity index (χ3n) is 4.23. The number of aromatic nitrogens is 3. The molecule has 23 heavy (non-hydrogen) atoms. The van der Waals surface area contributed by atoms with Gasteiger partial charge >= 0.3 is 0 Å². The van der Waals surface area contributed by atoms with E-state index in [-0.39, 0.29) is 0 Å². The molecular formula is C17H19N5S. The third-order valence-corrected chi connectivity index (χ3v) is 5.12. The summed E-state index contributed by atoms with van der Waals surface area (Å²) in [5, 5.41) is 13.1. The lowest BCUT2D eigenvalue weighted by Crippen LogP contribution is -2.32. The monoisotopic (exact) mass is 325 g/mol. The van der Waals surface area contributed by atoms with Crippen molar-refractivity contribution in [2.45, 2.75) is 19.0 Å². The van der Waals surface area contributed by atoms with Gasteiger partial charge in [-0.15, -0.1) is 11.3 Å². The van der Waals surface area contributed by atoms with Crippen molar-refractivity contribution in [3.63, 3.8) is 0 Å². The molecule has 0 amide bonds. The van der Waals surface area contributed by atoms with Crippen molar-refractivity contribution in [1.29, 1.82) is 0 Å². The van der Waals surface area contributed by atoms with Crippen LogP contribution in [0.25, 0.3) is 10.6 Å². The Kier molecular flexibility index (Phi) is 4.08. The number of pyridine rings is 1. The lowest BCUT2D eigenvalue weighted by Gasteiger charge is -2.17. The summed E-state index contributed by atoms with van der Waals surface area (Å²) in [5.41, 5.74) is 2.36. The van der Waals surface area contributed by atoms with E-state index in [1.807, 2.05) is 24.5 Å². The molecule has 3 aromatic rings. The highest BCUT2D eigenvalue weighted by molar-refractivity contribution is 7.13. The van der Waals surface area contributed by atoms with Gasteiger partial charge in [-0.1, -0.05) is 12.1 Å². The summed E-state index contributed by atoms with van der Waals surface area (Å²) in [4.78, 5) is 8.01. The van der Waals surface area contributed by atoms with E-state index in [4.69, 9.17) is 0 Å². The first-order valence-electron chi connectivity index (χ1n) is 7.85. The Morgan fingerprint density at radius 2 is 2.30 bits per heavy atom. The molecule has 1 saturated heterocycles. The maximum absolute atomic E-state index is 4.44. The first kappa shape index (κ1) is 14.4. The minimum absolute atomic E-state index is 0.489. The highest BCUT2D eigenvalue weighted by Gasteiger charge is 2.23. The van der Waals surface area contributed by atoms with Crippen molar-refractivity contribution in [2.75, 3.05) is 18.0 Å². The minimum Gasteiger partial charge on any atom is -0.355 e.